The number of oxime groups is 1. The number of ketones is 1. The van der Waals surface area contributed by atoms with Crippen LogP contribution in [0.2, 0.25) is 0 Å². The average Bonchev–Trinajstić information content (AvgIpc) is 3.48. The Morgan fingerprint density at radius 3 is 2.33 bits per heavy atom. The monoisotopic (exact) mass is 720 g/mol. The maximum atomic E-state index is 13.3. The number of carboxylic acids is 1. The Hall–Kier alpha value is -4.53. The fraction of sp³-hybridized carbons (Fsp3) is 0.400. The fourth-order valence-corrected chi connectivity index (χ4v) is 6.05. The minimum atomic E-state index is -4.99. The molecule has 2 aromatic heterocycles. The van der Waals surface area contributed by atoms with Crippen LogP contribution in [0.15, 0.2) is 53.1 Å². The van der Waals surface area contributed by atoms with Crippen molar-refractivity contribution >= 4 is 50.2 Å². The van der Waals surface area contributed by atoms with E-state index in [2.05, 4.69) is 14.4 Å². The van der Waals surface area contributed by atoms with Crippen LogP contribution in [0, 0.1) is 11.8 Å². The third-order valence-corrected chi connectivity index (χ3v) is 9.01. The van der Waals surface area contributed by atoms with Crippen molar-refractivity contribution < 1.29 is 50.9 Å². The number of β-lactam (4-membered cyclic amide) rings is 1. The minimum Gasteiger partial charge on any atom is -0.489 e. The van der Waals surface area contributed by atoms with E-state index in [0.29, 0.717) is 23.9 Å². The number of hydrogen-bond donors (Lipinski definition) is 5. The summed E-state index contributed by atoms with van der Waals surface area (Å²) < 4.78 is 43.2. The number of benzene rings is 1. The summed E-state index contributed by atoms with van der Waals surface area (Å²) in [5, 5.41) is 15.5. The first-order valence-corrected chi connectivity index (χ1v) is 17.1. The lowest BCUT2D eigenvalue weighted by Gasteiger charge is -2.50. The molecule has 49 heavy (non-hydrogen) atoms. The van der Waals surface area contributed by atoms with Gasteiger partial charge in [-0.05, 0) is 56.6 Å². The Balaban J connectivity index is 1.44. The van der Waals surface area contributed by atoms with E-state index >= 15 is 0 Å². The van der Waals surface area contributed by atoms with Gasteiger partial charge in [-0.3, -0.25) is 14.1 Å². The van der Waals surface area contributed by atoms with E-state index in [9.17, 15) is 27.9 Å². The van der Waals surface area contributed by atoms with Crippen molar-refractivity contribution in [3.63, 3.8) is 0 Å². The number of Topliss-reactive ketones (excluding diaryl/α,β-unsaturated/α-hetero) is 1. The van der Waals surface area contributed by atoms with Crippen LogP contribution in [0.1, 0.15) is 31.7 Å². The number of nitrogen functional groups attached to an aromatic ring is 1. The molecule has 1 amide bonds. The Labute approximate surface area is 286 Å². The number of aryl methyl sites for hydroxylation is 1. The highest BCUT2D eigenvalue weighted by Gasteiger charge is 2.57. The van der Waals surface area contributed by atoms with Crippen LogP contribution in [-0.2, 0) is 47.4 Å². The van der Waals surface area contributed by atoms with Crippen LogP contribution in [0.4, 0.5) is 5.13 Å². The molecule has 19 heteroatoms. The molecular weight excluding hydrogens is 683 g/mol. The molecule has 0 radical (unpaired) electrons. The number of carbonyl (C=O) groups is 3. The summed E-state index contributed by atoms with van der Waals surface area (Å²) in [6, 6.07) is 11.0. The van der Waals surface area contributed by atoms with Gasteiger partial charge in [0.1, 0.15) is 25.1 Å². The molecule has 1 aromatic carbocycles. The lowest BCUT2D eigenvalue weighted by atomic mass is 9.74. The predicted octanol–water partition coefficient (Wildman–Crippen LogP) is 0.476. The van der Waals surface area contributed by atoms with Crippen molar-refractivity contribution in [2.45, 2.75) is 38.3 Å². The van der Waals surface area contributed by atoms with Gasteiger partial charge in [-0.1, -0.05) is 17.3 Å². The second kappa shape index (κ2) is 15.3. The van der Waals surface area contributed by atoms with Gasteiger partial charge in [0.25, 0.3) is 12.0 Å². The number of aliphatic carboxylic acids is 1. The predicted molar refractivity (Wildman–Crippen MR) is 176 cm³/mol. The summed E-state index contributed by atoms with van der Waals surface area (Å²) in [4.78, 5) is 47.2. The number of hydrogen-bond acceptors (Lipinski definition) is 14. The molecule has 0 saturated carbocycles. The maximum Gasteiger partial charge on any atom is 0.418 e. The first-order valence-electron chi connectivity index (χ1n) is 14.9. The highest BCUT2D eigenvalue weighted by atomic mass is 32.3. The van der Waals surface area contributed by atoms with Crippen LogP contribution >= 0.6 is 11.3 Å². The van der Waals surface area contributed by atoms with E-state index in [-0.39, 0.29) is 16.7 Å². The van der Waals surface area contributed by atoms with Crippen molar-refractivity contribution in [2.75, 3.05) is 25.4 Å². The van der Waals surface area contributed by atoms with E-state index in [1.54, 1.807) is 12.1 Å². The molecule has 0 aliphatic carbocycles. The van der Waals surface area contributed by atoms with E-state index in [0.717, 1.165) is 34.6 Å². The van der Waals surface area contributed by atoms with Gasteiger partial charge in [0.2, 0.25) is 0 Å². The van der Waals surface area contributed by atoms with Gasteiger partial charge in [0.15, 0.2) is 28.5 Å². The number of pyridine rings is 1. The lowest BCUT2D eigenvalue weighted by Crippen LogP contribution is -2.68. The molecule has 8 N–H and O–H groups in total. The van der Waals surface area contributed by atoms with Crippen molar-refractivity contribution in [2.24, 2.45) is 35.5 Å². The number of carboxylic acid groups (broad SMARTS) is 1. The van der Waals surface area contributed by atoms with E-state index in [1.807, 2.05) is 42.1 Å². The molecule has 1 aliphatic rings. The van der Waals surface area contributed by atoms with Gasteiger partial charge >= 0.3 is 16.4 Å². The molecule has 3 aromatic rings. The van der Waals surface area contributed by atoms with Crippen LogP contribution in [0.25, 0.3) is 11.1 Å². The van der Waals surface area contributed by atoms with Crippen molar-refractivity contribution in [1.29, 1.82) is 0 Å². The highest BCUT2D eigenvalue weighted by Crippen LogP contribution is 2.40. The van der Waals surface area contributed by atoms with Gasteiger partial charge in [-0.15, -0.1) is 15.6 Å². The van der Waals surface area contributed by atoms with Crippen molar-refractivity contribution in [3.8, 4) is 16.9 Å². The number of thiazole rings is 1. The topological polar surface area (TPSA) is 264 Å². The largest absolute Gasteiger partial charge is 0.489 e. The van der Waals surface area contributed by atoms with Gasteiger partial charge in [-0.25, -0.2) is 14.3 Å². The number of nitrogens with zero attached hydrogens (tertiary/aromatic N) is 4. The van der Waals surface area contributed by atoms with Crippen LogP contribution < -0.4 is 26.5 Å². The third-order valence-electron chi connectivity index (χ3n) is 8.00. The average molecular weight is 721 g/mol. The summed E-state index contributed by atoms with van der Waals surface area (Å²) in [6.07, 6.45) is 0.589. The quantitative estimate of drug-likeness (QED) is 0.0418. The smallest absolute Gasteiger partial charge is 0.418 e. The number of ether oxygens (including phenoxy) is 1. The highest BCUT2D eigenvalue weighted by molar-refractivity contribution is 7.80. The molecule has 0 spiro atoms. The zero-order valence-corrected chi connectivity index (χ0v) is 28.5. The van der Waals surface area contributed by atoms with Crippen LogP contribution in [0.3, 0.4) is 0 Å². The van der Waals surface area contributed by atoms with Crippen molar-refractivity contribution in [1.82, 2.24) is 10.0 Å². The Bertz CT molecular complexity index is 1830. The first-order chi connectivity index (χ1) is 23.0. The molecule has 2 atom stereocenters. The second-order valence-corrected chi connectivity index (χ2v) is 13.7. The fourth-order valence-electron chi connectivity index (χ4n) is 5.04. The molecule has 3 heterocycles. The third kappa shape index (κ3) is 9.13. The summed E-state index contributed by atoms with van der Waals surface area (Å²) in [5.74, 6) is -3.63. The summed E-state index contributed by atoms with van der Waals surface area (Å²) in [7, 11) is -3.05. The number of amides is 1. The SMILES string of the molecule is C[n+]1cc(-c2ccc(OC[C@H](O/N=C(\C(=O)C[C@@H]3C(=O)N(OS(=O)(=O)O)C3(C)C)c3csc(N)n3)C(=O)O)cc2)ccc1CC(CN)CN. The Kier molecular flexibility index (Phi) is 11.7. The first kappa shape index (κ1) is 37.3. The number of anilines is 1. The maximum absolute atomic E-state index is 13.3. The van der Waals surface area contributed by atoms with E-state index in [4.69, 9.17) is 31.3 Å². The molecule has 4 rings (SSSR count). The van der Waals surface area contributed by atoms with Gasteiger partial charge < -0.3 is 31.9 Å². The summed E-state index contributed by atoms with van der Waals surface area (Å²) in [5.41, 5.74) is 18.5. The standard InChI is InChI=1S/C30H37N7O10S2/c1-30(2)22(27(39)37(30)47-49(42,43)44)11-24(38)26(23-16-48-29(33)34-23)35-46-25(28(40)41)15-45-21-8-5-18(6-9-21)19-4-7-20(36(3)14-19)10-17(12-31)13-32/h4-9,14,16-17,22,25H,10-13,15,31-32H2,1-3H3,(H3-,33,34,40,41,42,43,44)/p+1/b35-26-/t22-,25+/m1/s1. The second-order valence-electron chi connectivity index (χ2n) is 11.8. The van der Waals surface area contributed by atoms with Gasteiger partial charge in [0.05, 0.1) is 11.5 Å². The molecular formula is C30H38N7O10S2+. The summed E-state index contributed by atoms with van der Waals surface area (Å²) >= 11 is 0.986. The normalized spacial score (nSPS) is 16.7. The minimum absolute atomic E-state index is 0.0243. The lowest BCUT2D eigenvalue weighted by molar-refractivity contribution is -0.679. The van der Waals surface area contributed by atoms with Crippen LogP contribution in [0.5, 0.6) is 5.75 Å². The number of hydroxylamine groups is 2. The Morgan fingerprint density at radius 1 is 1.14 bits per heavy atom. The zero-order valence-electron chi connectivity index (χ0n) is 26.9. The molecule has 264 valence electrons. The van der Waals surface area contributed by atoms with Crippen molar-refractivity contribution in [3.05, 3.63) is 59.4 Å². The van der Waals surface area contributed by atoms with Crippen LogP contribution in [-0.4, -0.2) is 82.8 Å². The van der Waals surface area contributed by atoms with Gasteiger partial charge in [0, 0.05) is 29.9 Å². The molecule has 0 unspecified atom stereocenters. The zero-order chi connectivity index (χ0) is 36.1. The van der Waals surface area contributed by atoms with Gasteiger partial charge in [-0.2, -0.15) is 13.5 Å². The molecule has 1 saturated heterocycles. The Morgan fingerprint density at radius 2 is 1.80 bits per heavy atom. The summed E-state index contributed by atoms with van der Waals surface area (Å²) in [6.45, 7) is 3.37. The van der Waals surface area contributed by atoms with E-state index in [1.165, 1.54) is 19.2 Å². The number of carbonyl (C=O) groups excluding carboxylic acids is 2. The molecule has 0 bridgehead atoms. The number of nitrogens with two attached hydrogens (primary N) is 3. The molecule has 17 nitrogen and oxygen atoms in total. The number of aromatic nitrogens is 2. The number of rotatable bonds is 17. The van der Waals surface area contributed by atoms with E-state index < -0.39 is 64.4 Å². The molecule has 1 aliphatic heterocycles. The molecule has 1 fully saturated rings.